The van der Waals surface area contributed by atoms with Crippen LogP contribution < -0.4 is 5.73 Å². The molecule has 1 atom stereocenters. The summed E-state index contributed by atoms with van der Waals surface area (Å²) in [5.41, 5.74) is 6.66. The van der Waals surface area contributed by atoms with E-state index in [1.54, 1.807) is 18.3 Å². The van der Waals surface area contributed by atoms with Crippen molar-refractivity contribution in [3.8, 4) is 0 Å². The number of halogens is 1. The van der Waals surface area contributed by atoms with Crippen molar-refractivity contribution in [2.75, 3.05) is 0 Å². The second-order valence-electron chi connectivity index (χ2n) is 3.63. The highest BCUT2D eigenvalue weighted by Gasteiger charge is 2.21. The Morgan fingerprint density at radius 2 is 2.18 bits per heavy atom. The van der Waals surface area contributed by atoms with Crippen LogP contribution in [0.2, 0.25) is 0 Å². The third-order valence-corrected chi connectivity index (χ3v) is 2.62. The number of benzene rings is 1. The molecule has 0 unspecified atom stereocenters. The number of hydrogen-bond donors (Lipinski definition) is 3. The van der Waals surface area contributed by atoms with E-state index in [0.29, 0.717) is 5.56 Å². The number of H-pyrrole nitrogens is 1. The van der Waals surface area contributed by atoms with Gasteiger partial charge in [0.05, 0.1) is 6.33 Å². The summed E-state index contributed by atoms with van der Waals surface area (Å²) >= 11 is 0. The molecule has 17 heavy (non-hydrogen) atoms. The van der Waals surface area contributed by atoms with Gasteiger partial charge in [-0.3, -0.25) is 4.79 Å². The van der Waals surface area contributed by atoms with E-state index in [0.717, 1.165) is 10.9 Å². The lowest BCUT2D eigenvalue weighted by Crippen LogP contribution is -2.31. The zero-order valence-corrected chi connectivity index (χ0v) is 8.85. The molecule has 5 heteroatoms. The molecule has 4 N–H and O–H groups in total. The van der Waals surface area contributed by atoms with Gasteiger partial charge in [-0.1, -0.05) is 18.2 Å². The number of carboxylic acid groups (broad SMARTS) is 1. The van der Waals surface area contributed by atoms with E-state index in [1.165, 1.54) is 0 Å². The molecular formula is C12H11FN2O2. The van der Waals surface area contributed by atoms with Crippen LogP contribution in [0.25, 0.3) is 16.5 Å². The number of rotatable bonds is 3. The second-order valence-corrected chi connectivity index (χ2v) is 3.63. The quantitative estimate of drug-likeness (QED) is 0.758. The summed E-state index contributed by atoms with van der Waals surface area (Å²) in [5, 5.41) is 9.56. The van der Waals surface area contributed by atoms with Gasteiger partial charge in [-0.2, -0.15) is 0 Å². The minimum atomic E-state index is -1.38. The number of fused-ring (bicyclic) bond motifs is 1. The minimum Gasteiger partial charge on any atom is -0.480 e. The monoisotopic (exact) mass is 234 g/mol. The van der Waals surface area contributed by atoms with Crippen LogP contribution in [0.5, 0.6) is 0 Å². The van der Waals surface area contributed by atoms with Gasteiger partial charge in [0.1, 0.15) is 6.04 Å². The molecule has 0 saturated heterocycles. The number of carboxylic acids is 1. The number of nitrogens with two attached hydrogens (primary N) is 1. The molecule has 0 radical (unpaired) electrons. The number of para-hydroxylation sites is 1. The zero-order chi connectivity index (χ0) is 12.4. The second kappa shape index (κ2) is 4.39. The fraction of sp³-hybridized carbons (Fsp3) is 0.0833. The number of aliphatic carboxylic acids is 1. The van der Waals surface area contributed by atoms with E-state index in [9.17, 15) is 9.18 Å². The number of nitrogens with one attached hydrogen (secondary N) is 1. The lowest BCUT2D eigenvalue weighted by molar-refractivity contribution is -0.137. The van der Waals surface area contributed by atoms with Gasteiger partial charge in [-0.15, -0.1) is 0 Å². The Hall–Kier alpha value is -2.14. The molecule has 88 valence electrons. The molecule has 0 amide bonds. The largest absolute Gasteiger partial charge is 0.480 e. The van der Waals surface area contributed by atoms with Crippen LogP contribution in [-0.2, 0) is 4.79 Å². The number of hydrogen-bond acceptors (Lipinski definition) is 2. The summed E-state index contributed by atoms with van der Waals surface area (Å²) in [6.07, 6.45) is 1.80. The number of aromatic nitrogens is 1. The maximum Gasteiger partial charge on any atom is 0.325 e. The van der Waals surface area contributed by atoms with Crippen molar-refractivity contribution >= 4 is 22.4 Å². The smallest absolute Gasteiger partial charge is 0.325 e. The molecule has 2 rings (SSSR count). The van der Waals surface area contributed by atoms with Gasteiger partial charge >= 0.3 is 5.97 Å². The van der Waals surface area contributed by atoms with Crippen molar-refractivity contribution in [1.82, 2.24) is 4.98 Å². The Kier molecular flexibility index (Phi) is 2.93. The first-order valence-electron chi connectivity index (χ1n) is 5.00. The molecule has 0 aliphatic heterocycles. The van der Waals surface area contributed by atoms with Crippen molar-refractivity contribution < 1.29 is 14.3 Å². The zero-order valence-electron chi connectivity index (χ0n) is 8.85. The molecule has 0 bridgehead atoms. The lowest BCUT2D eigenvalue weighted by Gasteiger charge is -2.09. The molecule has 2 aromatic rings. The molecule has 1 heterocycles. The third-order valence-electron chi connectivity index (χ3n) is 2.62. The highest BCUT2D eigenvalue weighted by molar-refractivity contribution is 5.99. The van der Waals surface area contributed by atoms with Gasteiger partial charge in [-0.05, 0) is 6.07 Å². The molecular weight excluding hydrogens is 223 g/mol. The predicted octanol–water partition coefficient (Wildman–Crippen LogP) is 1.89. The van der Waals surface area contributed by atoms with Crippen molar-refractivity contribution in [1.29, 1.82) is 0 Å². The number of aromatic amines is 1. The Bertz CT molecular complexity index is 589. The normalized spacial score (nSPS) is 13.9. The average Bonchev–Trinajstić information content (AvgIpc) is 2.74. The molecule has 0 aliphatic carbocycles. The summed E-state index contributed by atoms with van der Waals surface area (Å²) < 4.78 is 12.8. The van der Waals surface area contributed by atoms with Gasteiger partial charge in [0, 0.05) is 28.2 Å². The van der Waals surface area contributed by atoms with Crippen molar-refractivity contribution in [3.05, 3.63) is 42.4 Å². The highest BCUT2D eigenvalue weighted by Crippen LogP contribution is 2.26. The van der Waals surface area contributed by atoms with Gasteiger partial charge in [0.15, 0.2) is 0 Å². The molecule has 0 saturated carbocycles. The first-order valence-corrected chi connectivity index (χ1v) is 5.00. The third kappa shape index (κ3) is 1.92. The van der Waals surface area contributed by atoms with E-state index in [-0.39, 0.29) is 11.9 Å². The van der Waals surface area contributed by atoms with Crippen LogP contribution in [0, 0.1) is 0 Å². The van der Waals surface area contributed by atoms with Gasteiger partial charge in [0.25, 0.3) is 0 Å². The van der Waals surface area contributed by atoms with E-state index < -0.39 is 12.0 Å². The van der Waals surface area contributed by atoms with Crippen LogP contribution in [0.15, 0.2) is 36.8 Å². The van der Waals surface area contributed by atoms with Gasteiger partial charge < -0.3 is 15.8 Å². The van der Waals surface area contributed by atoms with E-state index >= 15 is 0 Å². The first kappa shape index (κ1) is 11.3. The average molecular weight is 234 g/mol. The Morgan fingerprint density at radius 3 is 2.82 bits per heavy atom. The molecule has 0 aliphatic rings. The summed E-state index contributed by atoms with van der Waals surface area (Å²) in [7, 11) is 0. The topological polar surface area (TPSA) is 79.1 Å². The van der Waals surface area contributed by atoms with E-state index in [2.05, 4.69) is 4.98 Å². The lowest BCUT2D eigenvalue weighted by atomic mass is 10.00. The minimum absolute atomic E-state index is 0.0463. The maximum absolute atomic E-state index is 12.8. The van der Waals surface area contributed by atoms with Crippen LogP contribution in [0.1, 0.15) is 5.56 Å². The molecule has 4 nitrogen and oxygen atoms in total. The first-order chi connectivity index (χ1) is 8.15. The summed E-state index contributed by atoms with van der Waals surface area (Å²) in [4.78, 5) is 13.7. The maximum atomic E-state index is 12.8. The summed E-state index contributed by atoms with van der Waals surface area (Å²) in [6.45, 7) is 0. The fourth-order valence-electron chi connectivity index (χ4n) is 1.74. The standard InChI is InChI=1S/C12H11FN2O2/c13-5-8(11(14)12(16)17)9-6-15-10-4-2-1-3-7(9)10/h1-6,11,15H,14H2,(H,16,17)/t11-/m0/s1. The van der Waals surface area contributed by atoms with E-state index in [1.807, 2.05) is 12.1 Å². The van der Waals surface area contributed by atoms with Crippen molar-refractivity contribution in [2.45, 2.75) is 6.04 Å². The molecule has 0 fully saturated rings. The summed E-state index contributed by atoms with van der Waals surface area (Å²) in [6, 6.07) is 5.85. The predicted molar refractivity (Wildman–Crippen MR) is 63.0 cm³/mol. The van der Waals surface area contributed by atoms with Gasteiger partial charge in [-0.25, -0.2) is 4.39 Å². The SMILES string of the molecule is N[C@H](C(=O)O)C(=CF)c1c[nH]c2ccccc12. The fourth-order valence-corrected chi connectivity index (χ4v) is 1.74. The summed E-state index contributed by atoms with van der Waals surface area (Å²) in [5.74, 6) is -1.26. The molecule has 0 spiro atoms. The van der Waals surface area contributed by atoms with Crippen LogP contribution in [-0.4, -0.2) is 22.1 Å². The van der Waals surface area contributed by atoms with Crippen LogP contribution in [0.3, 0.4) is 0 Å². The Labute approximate surface area is 96.6 Å². The Morgan fingerprint density at radius 1 is 1.47 bits per heavy atom. The van der Waals surface area contributed by atoms with Crippen LogP contribution >= 0.6 is 0 Å². The van der Waals surface area contributed by atoms with Crippen molar-refractivity contribution in [3.63, 3.8) is 0 Å². The number of carbonyl (C=O) groups is 1. The van der Waals surface area contributed by atoms with Gasteiger partial charge in [0.2, 0.25) is 0 Å². The Balaban J connectivity index is 2.55. The highest BCUT2D eigenvalue weighted by atomic mass is 19.1. The van der Waals surface area contributed by atoms with E-state index in [4.69, 9.17) is 10.8 Å². The van der Waals surface area contributed by atoms with Crippen molar-refractivity contribution in [2.24, 2.45) is 5.73 Å². The van der Waals surface area contributed by atoms with Crippen LogP contribution in [0.4, 0.5) is 4.39 Å². The molecule has 1 aromatic heterocycles. The molecule has 1 aromatic carbocycles.